The van der Waals surface area contributed by atoms with Crippen molar-refractivity contribution in [2.24, 2.45) is 0 Å². The largest absolute Gasteiger partial charge is 0.0713 e. The van der Waals surface area contributed by atoms with Crippen LogP contribution in [0.15, 0.2) is 249 Å². The number of hydrogen-bond acceptors (Lipinski definition) is 0. The Bertz CT molecular complexity index is 3740. The van der Waals surface area contributed by atoms with Crippen molar-refractivity contribution >= 4 is 10.8 Å². The van der Waals surface area contributed by atoms with Crippen LogP contribution in [0.3, 0.4) is 0 Å². The molecule has 1 atom stereocenters. The third-order valence-corrected chi connectivity index (χ3v) is 15.6. The lowest BCUT2D eigenvalue weighted by atomic mass is 9.67. The van der Waals surface area contributed by atoms with Crippen LogP contribution in [0.4, 0.5) is 0 Å². The monoisotopic (exact) mass is 862 g/mol. The molecule has 1 unspecified atom stereocenters. The van der Waals surface area contributed by atoms with Crippen LogP contribution in [-0.2, 0) is 18.3 Å². The van der Waals surface area contributed by atoms with Crippen LogP contribution in [0, 0.1) is 0 Å². The molecule has 3 aliphatic rings. The van der Waals surface area contributed by atoms with E-state index in [0.717, 1.165) is 12.8 Å². The van der Waals surface area contributed by atoms with Crippen LogP contribution >= 0.6 is 0 Å². The zero-order valence-electron chi connectivity index (χ0n) is 37.7. The first kappa shape index (κ1) is 38.9. The van der Waals surface area contributed by atoms with Gasteiger partial charge < -0.3 is 0 Å². The quantitative estimate of drug-likeness (QED) is 0.140. The molecular weight excluding hydrogens is 817 g/mol. The van der Waals surface area contributed by atoms with Crippen molar-refractivity contribution < 1.29 is 0 Å². The van der Waals surface area contributed by atoms with Gasteiger partial charge in [0.15, 0.2) is 0 Å². The molecule has 3 aliphatic carbocycles. The molecule has 0 amide bonds. The lowest BCUT2D eigenvalue weighted by molar-refractivity contribution is 0.765. The molecular formula is C68H46. The number of fused-ring (bicyclic) bond motifs is 10. The minimum absolute atomic E-state index is 0.0480. The molecule has 11 aromatic rings. The minimum Gasteiger partial charge on any atom is -0.0622 e. The van der Waals surface area contributed by atoms with Crippen molar-refractivity contribution in [3.8, 4) is 55.6 Å². The second kappa shape index (κ2) is 15.4. The summed E-state index contributed by atoms with van der Waals surface area (Å²) in [5.41, 5.74) is 27.6. The summed E-state index contributed by atoms with van der Waals surface area (Å²) in [6.45, 7) is 0. The Morgan fingerprint density at radius 3 is 1.68 bits per heavy atom. The van der Waals surface area contributed by atoms with E-state index in [-0.39, 0.29) is 5.92 Å². The van der Waals surface area contributed by atoms with Gasteiger partial charge in [-0.05, 0) is 147 Å². The highest BCUT2D eigenvalue weighted by molar-refractivity contribution is 6.06. The fourth-order valence-electron chi connectivity index (χ4n) is 12.7. The van der Waals surface area contributed by atoms with Crippen molar-refractivity contribution in [1.82, 2.24) is 0 Å². The Kier molecular flexibility index (Phi) is 8.80. The minimum atomic E-state index is -0.495. The van der Waals surface area contributed by atoms with Gasteiger partial charge in [-0.15, -0.1) is 0 Å². The predicted octanol–water partition coefficient (Wildman–Crippen LogP) is 16.9. The molecule has 0 bridgehead atoms. The molecule has 11 aromatic carbocycles. The summed E-state index contributed by atoms with van der Waals surface area (Å²) in [5.74, 6) is -0.0480. The average Bonchev–Trinajstić information content (AvgIpc) is 4.07. The summed E-state index contributed by atoms with van der Waals surface area (Å²) in [6.07, 6.45) is 1.84. The van der Waals surface area contributed by atoms with Crippen molar-refractivity contribution in [2.75, 3.05) is 0 Å². The molecule has 0 fully saturated rings. The van der Waals surface area contributed by atoms with Crippen molar-refractivity contribution in [3.05, 3.63) is 310 Å². The van der Waals surface area contributed by atoms with Crippen LogP contribution in [0.25, 0.3) is 66.4 Å². The molecule has 0 heteroatoms. The summed E-state index contributed by atoms with van der Waals surface area (Å²) in [4.78, 5) is 0. The fourth-order valence-corrected chi connectivity index (χ4v) is 12.7. The van der Waals surface area contributed by atoms with Crippen molar-refractivity contribution in [1.29, 1.82) is 0 Å². The first-order valence-electron chi connectivity index (χ1n) is 24.1. The smallest absolute Gasteiger partial charge is 0.0622 e. The number of benzene rings is 11. The van der Waals surface area contributed by atoms with Gasteiger partial charge in [-0.3, -0.25) is 0 Å². The second-order valence-electron chi connectivity index (χ2n) is 19.0. The van der Waals surface area contributed by atoms with E-state index in [0.29, 0.717) is 0 Å². The van der Waals surface area contributed by atoms with Gasteiger partial charge in [0.1, 0.15) is 0 Å². The molecule has 0 spiro atoms. The van der Waals surface area contributed by atoms with E-state index in [9.17, 15) is 0 Å². The Morgan fingerprint density at radius 1 is 0.324 bits per heavy atom. The van der Waals surface area contributed by atoms with Gasteiger partial charge in [-0.25, -0.2) is 0 Å². The molecule has 0 radical (unpaired) electrons. The molecule has 14 rings (SSSR count). The zero-order valence-corrected chi connectivity index (χ0v) is 37.7. The Balaban J connectivity index is 0.981. The second-order valence-corrected chi connectivity index (χ2v) is 19.0. The molecule has 68 heavy (non-hydrogen) atoms. The third kappa shape index (κ3) is 5.74. The van der Waals surface area contributed by atoms with Gasteiger partial charge in [-0.2, -0.15) is 0 Å². The van der Waals surface area contributed by atoms with Gasteiger partial charge >= 0.3 is 0 Å². The van der Waals surface area contributed by atoms with Gasteiger partial charge in [0.25, 0.3) is 0 Å². The Labute approximate surface area is 398 Å². The van der Waals surface area contributed by atoms with Crippen LogP contribution in [0.1, 0.15) is 67.1 Å². The molecule has 0 saturated heterocycles. The molecule has 0 N–H and O–H groups in total. The van der Waals surface area contributed by atoms with Crippen LogP contribution in [0.2, 0.25) is 0 Å². The predicted molar refractivity (Wildman–Crippen MR) is 282 cm³/mol. The Morgan fingerprint density at radius 2 is 0.882 bits per heavy atom. The highest BCUT2D eigenvalue weighted by Gasteiger charge is 2.46. The van der Waals surface area contributed by atoms with Gasteiger partial charge in [0, 0.05) is 5.92 Å². The summed E-state index contributed by atoms with van der Waals surface area (Å²) in [7, 11) is 0. The van der Waals surface area contributed by atoms with Gasteiger partial charge in [0.05, 0.1) is 5.41 Å². The normalized spacial score (nSPS) is 13.8. The lowest BCUT2D eigenvalue weighted by Crippen LogP contribution is -2.28. The Hall–Kier alpha value is -8.32. The molecule has 0 heterocycles. The van der Waals surface area contributed by atoms with E-state index in [4.69, 9.17) is 0 Å². The first-order chi connectivity index (χ1) is 33.7. The van der Waals surface area contributed by atoms with E-state index in [1.165, 1.54) is 128 Å². The van der Waals surface area contributed by atoms with E-state index in [1.807, 2.05) is 0 Å². The highest BCUT2D eigenvalue weighted by Crippen LogP contribution is 2.57. The maximum absolute atomic E-state index is 2.57. The summed E-state index contributed by atoms with van der Waals surface area (Å²) < 4.78 is 0. The van der Waals surface area contributed by atoms with E-state index in [2.05, 4.69) is 249 Å². The molecule has 0 saturated carbocycles. The summed E-state index contributed by atoms with van der Waals surface area (Å²) in [6, 6.07) is 93.9. The topological polar surface area (TPSA) is 0 Å². The highest BCUT2D eigenvalue weighted by atomic mass is 14.5. The van der Waals surface area contributed by atoms with E-state index in [1.54, 1.807) is 0 Å². The SMILES string of the molecule is c1ccc(-c2ccccc2C(c2ccc3c(c2)Cc2c-3cc3ccccc3c2-c2cccc3c2Cc2ccccc2-3)c2ccc3c(c2)C(c2ccccc2)(c2ccccc2)c2ccccc2-3)cc1. The molecule has 0 nitrogen and oxygen atoms in total. The lowest BCUT2D eigenvalue weighted by Gasteiger charge is -2.34. The zero-order chi connectivity index (χ0) is 44.8. The number of hydrogen-bond donors (Lipinski definition) is 0. The number of rotatable bonds is 7. The van der Waals surface area contributed by atoms with Crippen LogP contribution in [0.5, 0.6) is 0 Å². The fraction of sp³-hybridized carbons (Fsp3) is 0.0588. The van der Waals surface area contributed by atoms with Crippen molar-refractivity contribution in [2.45, 2.75) is 24.2 Å². The summed E-state index contributed by atoms with van der Waals surface area (Å²) in [5, 5.41) is 2.62. The molecule has 318 valence electrons. The third-order valence-electron chi connectivity index (χ3n) is 15.6. The van der Waals surface area contributed by atoms with Crippen LogP contribution in [-0.4, -0.2) is 0 Å². The molecule has 0 aromatic heterocycles. The van der Waals surface area contributed by atoms with Gasteiger partial charge in [-0.1, -0.05) is 243 Å². The van der Waals surface area contributed by atoms with E-state index >= 15 is 0 Å². The maximum Gasteiger partial charge on any atom is 0.0713 e. The standard InChI is InChI=1S/C68H46/c1-4-19-44(20-5-1)52-27-14-15-31-59(52)66(48-36-38-58-57-30-16-17-34-64(57)68(65(58)43-48,50-23-6-2-7-24-50)51-25-8-3-9-26-51)47-35-37-54-49(39-47)42-63-61(54)41-46-22-11-13-29-55(46)67(63)60-33-18-32-56-53-28-12-10-21-45(53)40-62(56)60/h1-39,41,43,66H,40,42H2. The maximum atomic E-state index is 2.57. The summed E-state index contributed by atoms with van der Waals surface area (Å²) >= 11 is 0. The first-order valence-corrected chi connectivity index (χ1v) is 24.1. The van der Waals surface area contributed by atoms with E-state index < -0.39 is 5.41 Å². The van der Waals surface area contributed by atoms with Crippen LogP contribution < -0.4 is 0 Å². The average molecular weight is 863 g/mol. The molecule has 0 aliphatic heterocycles. The van der Waals surface area contributed by atoms with Crippen molar-refractivity contribution in [3.63, 3.8) is 0 Å². The van der Waals surface area contributed by atoms with Gasteiger partial charge in [0.2, 0.25) is 0 Å².